The molecule has 2 atom stereocenters. The number of nitrogens with one attached hydrogen (secondary N) is 1. The summed E-state index contributed by atoms with van der Waals surface area (Å²) >= 11 is 0. The van der Waals surface area contributed by atoms with Crippen LogP contribution in [-0.2, 0) is 29.1 Å². The second kappa shape index (κ2) is 11.3. The third-order valence-corrected chi connectivity index (χ3v) is 7.23. The summed E-state index contributed by atoms with van der Waals surface area (Å²) in [6, 6.07) is 22.4. The lowest BCUT2D eigenvalue weighted by molar-refractivity contribution is -0.187. The smallest absolute Gasteiger partial charge is 0.333 e. The molecule has 8 nitrogen and oxygen atoms in total. The molecule has 2 aliphatic heterocycles. The average Bonchev–Trinajstić information content (AvgIpc) is 2.91. The quantitative estimate of drug-likeness (QED) is 0.490. The van der Waals surface area contributed by atoms with Gasteiger partial charge in [0.15, 0.2) is 0 Å². The van der Waals surface area contributed by atoms with Crippen LogP contribution in [0.2, 0.25) is 0 Å². The van der Waals surface area contributed by atoms with Gasteiger partial charge in [0, 0.05) is 26.6 Å². The van der Waals surface area contributed by atoms with Gasteiger partial charge in [0.25, 0.3) is 0 Å². The van der Waals surface area contributed by atoms with E-state index in [1.54, 1.807) is 34.0 Å². The zero-order valence-electron chi connectivity index (χ0n) is 22.1. The fourth-order valence-electron chi connectivity index (χ4n) is 5.38. The van der Waals surface area contributed by atoms with Crippen LogP contribution >= 0.6 is 0 Å². The maximum Gasteiger partial charge on any atom is 0.334 e. The molecular formula is C29H31BFN5O3. The standard InChI is InChI=1S/C29H31BFN5O3/c1-33-19-27(37)35-25(15-20-6-3-2-4-7-20)28(38)34(17-22-8-5-9-23(30)14-22)18-26(35)36(33)29(39)32-16-21-10-12-24(31)13-11-21/h2-14,25-26H,15-19,30H2,1H3,(H,32,39)/t25-,26-/m0/s1. The van der Waals surface area contributed by atoms with Crippen LogP contribution < -0.4 is 10.8 Å². The van der Waals surface area contributed by atoms with E-state index in [4.69, 9.17) is 0 Å². The SMILES string of the molecule is Bc1cccc(CN2C[C@H]3N(C(=O)CN(C)N3C(=O)NCc3ccc(F)cc3)[C@@H](Cc3ccccc3)C2=O)c1. The second-order valence-corrected chi connectivity index (χ2v) is 10.1. The molecule has 0 saturated carbocycles. The van der Waals surface area contributed by atoms with Crippen molar-refractivity contribution in [3.8, 4) is 0 Å². The van der Waals surface area contributed by atoms with E-state index < -0.39 is 18.2 Å². The number of likely N-dealkylation sites (N-methyl/N-ethyl adjacent to an activating group) is 1. The lowest BCUT2D eigenvalue weighted by Crippen LogP contribution is -2.76. The Bertz CT molecular complexity index is 1360. The van der Waals surface area contributed by atoms with Crippen molar-refractivity contribution in [2.75, 3.05) is 20.1 Å². The Balaban J connectivity index is 1.44. The summed E-state index contributed by atoms with van der Waals surface area (Å²) in [5.41, 5.74) is 3.76. The van der Waals surface area contributed by atoms with Crippen LogP contribution in [0.5, 0.6) is 0 Å². The van der Waals surface area contributed by atoms with Gasteiger partial charge in [0.1, 0.15) is 25.9 Å². The summed E-state index contributed by atoms with van der Waals surface area (Å²) in [5, 5.41) is 6.02. The number of hydrogen-bond donors (Lipinski definition) is 1. The van der Waals surface area contributed by atoms with Crippen LogP contribution in [0, 0.1) is 5.82 Å². The number of hydrazine groups is 1. The van der Waals surface area contributed by atoms with E-state index in [0.29, 0.717) is 13.0 Å². The third kappa shape index (κ3) is 5.80. The molecule has 0 spiro atoms. The molecular weight excluding hydrogens is 496 g/mol. The van der Waals surface area contributed by atoms with Crippen molar-refractivity contribution in [1.29, 1.82) is 0 Å². The third-order valence-electron chi connectivity index (χ3n) is 7.23. The molecule has 5 rings (SSSR count). The fraction of sp³-hybridized carbons (Fsp3) is 0.276. The Kier molecular flexibility index (Phi) is 7.65. The Labute approximate surface area is 228 Å². The highest BCUT2D eigenvalue weighted by molar-refractivity contribution is 6.32. The van der Waals surface area contributed by atoms with E-state index in [1.807, 2.05) is 62.4 Å². The van der Waals surface area contributed by atoms with Crippen LogP contribution in [0.25, 0.3) is 0 Å². The van der Waals surface area contributed by atoms with Crippen molar-refractivity contribution in [2.24, 2.45) is 0 Å². The van der Waals surface area contributed by atoms with Crippen LogP contribution in [0.3, 0.4) is 0 Å². The van der Waals surface area contributed by atoms with Gasteiger partial charge in [-0.2, -0.15) is 0 Å². The molecule has 0 bridgehead atoms. The van der Waals surface area contributed by atoms with E-state index in [9.17, 15) is 18.8 Å². The second-order valence-electron chi connectivity index (χ2n) is 10.1. The van der Waals surface area contributed by atoms with Crippen molar-refractivity contribution in [3.05, 3.63) is 101 Å². The number of urea groups is 1. The number of halogens is 1. The Morgan fingerprint density at radius 1 is 0.974 bits per heavy atom. The summed E-state index contributed by atoms with van der Waals surface area (Å²) in [6.45, 7) is 0.720. The predicted molar refractivity (Wildman–Crippen MR) is 148 cm³/mol. The van der Waals surface area contributed by atoms with E-state index in [2.05, 4.69) is 5.32 Å². The Hall–Kier alpha value is -4.18. The number of carbonyl (C=O) groups is 3. The highest BCUT2D eigenvalue weighted by Crippen LogP contribution is 2.28. The van der Waals surface area contributed by atoms with Gasteiger partial charge < -0.3 is 15.1 Å². The normalized spacial score (nSPS) is 19.7. The van der Waals surface area contributed by atoms with Crippen molar-refractivity contribution in [2.45, 2.75) is 31.7 Å². The molecule has 1 N–H and O–H groups in total. The van der Waals surface area contributed by atoms with Gasteiger partial charge in [-0.15, -0.1) is 0 Å². The molecule has 3 aromatic rings. The van der Waals surface area contributed by atoms with Crippen LogP contribution in [0.15, 0.2) is 78.9 Å². The molecule has 200 valence electrons. The zero-order chi connectivity index (χ0) is 27.5. The van der Waals surface area contributed by atoms with Crippen molar-refractivity contribution in [1.82, 2.24) is 25.1 Å². The molecule has 10 heteroatoms. The molecule has 0 aromatic heterocycles. The summed E-state index contributed by atoms with van der Waals surface area (Å²) in [6.07, 6.45) is -0.332. The molecule has 3 aromatic carbocycles. The van der Waals surface area contributed by atoms with Gasteiger partial charge in [0.05, 0.1) is 13.1 Å². The van der Waals surface area contributed by atoms with Gasteiger partial charge in [-0.25, -0.2) is 19.2 Å². The molecule has 2 heterocycles. The first-order chi connectivity index (χ1) is 18.8. The number of benzene rings is 3. The minimum atomic E-state index is -0.746. The number of piperazine rings is 1. The number of amides is 4. The van der Waals surface area contributed by atoms with Gasteiger partial charge in [0.2, 0.25) is 11.8 Å². The Morgan fingerprint density at radius 3 is 2.41 bits per heavy atom. The minimum absolute atomic E-state index is 0.0308. The minimum Gasteiger partial charge on any atom is -0.333 e. The highest BCUT2D eigenvalue weighted by atomic mass is 19.1. The molecule has 0 aliphatic carbocycles. The first kappa shape index (κ1) is 26.4. The van der Waals surface area contributed by atoms with Crippen LogP contribution in [0.4, 0.5) is 9.18 Å². The van der Waals surface area contributed by atoms with E-state index in [0.717, 1.165) is 22.2 Å². The van der Waals surface area contributed by atoms with E-state index >= 15 is 0 Å². The van der Waals surface area contributed by atoms with Crippen molar-refractivity contribution < 1.29 is 18.8 Å². The fourth-order valence-corrected chi connectivity index (χ4v) is 5.38. The number of hydrogen-bond acceptors (Lipinski definition) is 4. The van der Waals surface area contributed by atoms with Gasteiger partial charge >= 0.3 is 6.03 Å². The zero-order valence-corrected chi connectivity index (χ0v) is 22.1. The first-order valence-corrected chi connectivity index (χ1v) is 13.0. The van der Waals surface area contributed by atoms with Gasteiger partial charge in [-0.1, -0.05) is 72.2 Å². The average molecular weight is 527 g/mol. The first-order valence-electron chi connectivity index (χ1n) is 13.0. The maximum absolute atomic E-state index is 13.9. The van der Waals surface area contributed by atoms with Crippen molar-refractivity contribution in [3.63, 3.8) is 0 Å². The number of nitrogens with zero attached hydrogens (tertiary/aromatic N) is 4. The Morgan fingerprint density at radius 2 is 1.69 bits per heavy atom. The van der Waals surface area contributed by atoms with E-state index in [1.165, 1.54) is 17.1 Å². The largest absolute Gasteiger partial charge is 0.334 e. The number of fused-ring (bicyclic) bond motifs is 1. The van der Waals surface area contributed by atoms with Gasteiger partial charge in [-0.05, 0) is 28.8 Å². The van der Waals surface area contributed by atoms with Gasteiger partial charge in [-0.3, -0.25) is 9.59 Å². The predicted octanol–water partition coefficient (Wildman–Crippen LogP) is 1.26. The molecule has 2 saturated heterocycles. The maximum atomic E-state index is 13.9. The lowest BCUT2D eigenvalue weighted by atomic mass is 9.94. The summed E-state index contributed by atoms with van der Waals surface area (Å²) in [5.74, 6) is -0.684. The summed E-state index contributed by atoms with van der Waals surface area (Å²) in [4.78, 5) is 44.1. The number of carbonyl (C=O) groups excluding carboxylic acids is 3. The van der Waals surface area contributed by atoms with Crippen molar-refractivity contribution >= 4 is 31.2 Å². The summed E-state index contributed by atoms with van der Waals surface area (Å²) in [7, 11) is 3.70. The molecule has 2 aliphatic rings. The molecule has 0 radical (unpaired) electrons. The molecule has 39 heavy (non-hydrogen) atoms. The van der Waals surface area contributed by atoms with Crippen LogP contribution in [0.1, 0.15) is 16.7 Å². The lowest BCUT2D eigenvalue weighted by Gasteiger charge is -2.54. The highest BCUT2D eigenvalue weighted by Gasteiger charge is 2.50. The van der Waals surface area contributed by atoms with Crippen LogP contribution in [-0.4, -0.2) is 77.9 Å². The topological polar surface area (TPSA) is 76.2 Å². The molecule has 4 amide bonds. The monoisotopic (exact) mass is 527 g/mol. The number of rotatable bonds is 6. The molecule has 2 fully saturated rings. The summed E-state index contributed by atoms with van der Waals surface area (Å²) < 4.78 is 13.3. The van der Waals surface area contributed by atoms with E-state index in [-0.39, 0.29) is 37.3 Å². The molecule has 0 unspecified atom stereocenters.